The number of carbonyl (C=O) groups excluding carboxylic acids is 3. The van der Waals surface area contributed by atoms with Gasteiger partial charge in [-0.05, 0) is 31.0 Å². The van der Waals surface area contributed by atoms with Gasteiger partial charge in [-0.2, -0.15) is 0 Å². The summed E-state index contributed by atoms with van der Waals surface area (Å²) >= 11 is 0. The summed E-state index contributed by atoms with van der Waals surface area (Å²) in [6.07, 6.45) is 1.57. The Hall–Kier alpha value is -2.87. The summed E-state index contributed by atoms with van der Waals surface area (Å²) in [5, 5.41) is 3.19. The normalized spacial score (nSPS) is 25.7. The third-order valence-electron chi connectivity index (χ3n) is 5.17. The summed E-state index contributed by atoms with van der Waals surface area (Å²) in [5.41, 5.74) is -0.834. The van der Waals surface area contributed by atoms with E-state index < -0.39 is 41.3 Å². The summed E-state index contributed by atoms with van der Waals surface area (Å²) in [5.74, 6) is -3.54. The lowest BCUT2D eigenvalue weighted by molar-refractivity contribution is -0.165. The molecule has 8 heteroatoms. The number of hydrogen-bond acceptors (Lipinski definition) is 8. The molecule has 0 aromatic heterocycles. The lowest BCUT2D eigenvalue weighted by Crippen LogP contribution is -2.56. The van der Waals surface area contributed by atoms with Crippen molar-refractivity contribution in [2.24, 2.45) is 11.8 Å². The molecule has 29 heavy (non-hydrogen) atoms. The Kier molecular flexibility index (Phi) is 7.39. The van der Waals surface area contributed by atoms with Crippen LogP contribution in [-0.2, 0) is 28.6 Å². The minimum Gasteiger partial charge on any atom is -0.497 e. The summed E-state index contributed by atoms with van der Waals surface area (Å²) < 4.78 is 20.4. The van der Waals surface area contributed by atoms with Gasteiger partial charge in [-0.3, -0.25) is 19.7 Å². The van der Waals surface area contributed by atoms with Crippen LogP contribution in [0.3, 0.4) is 0 Å². The molecule has 1 aromatic carbocycles. The Balaban J connectivity index is 2.66. The molecule has 1 aromatic rings. The van der Waals surface area contributed by atoms with Crippen LogP contribution in [0.15, 0.2) is 36.9 Å². The van der Waals surface area contributed by atoms with E-state index in [1.165, 1.54) is 20.3 Å². The van der Waals surface area contributed by atoms with Gasteiger partial charge in [-0.25, -0.2) is 0 Å². The van der Waals surface area contributed by atoms with Gasteiger partial charge in [0.1, 0.15) is 17.2 Å². The molecule has 4 atom stereocenters. The van der Waals surface area contributed by atoms with Gasteiger partial charge in [0.2, 0.25) is 0 Å². The molecule has 2 rings (SSSR count). The summed E-state index contributed by atoms with van der Waals surface area (Å²) in [7, 11) is 3.99. The monoisotopic (exact) mass is 405 g/mol. The predicted octanol–water partition coefficient (Wildman–Crippen LogP) is 1.80. The Morgan fingerprint density at radius 3 is 2.21 bits per heavy atom. The minimum atomic E-state index is -1.52. The summed E-state index contributed by atoms with van der Waals surface area (Å²) in [6, 6.07) is 6.29. The second-order valence-corrected chi connectivity index (χ2v) is 6.63. The fourth-order valence-corrected chi connectivity index (χ4v) is 3.88. The zero-order valence-electron chi connectivity index (χ0n) is 17.1. The number of carbonyl (C=O) groups is 3. The van der Waals surface area contributed by atoms with Gasteiger partial charge >= 0.3 is 17.9 Å². The molecule has 0 aliphatic carbocycles. The van der Waals surface area contributed by atoms with Crippen LogP contribution < -0.4 is 10.1 Å². The smallest absolute Gasteiger partial charge is 0.327 e. The van der Waals surface area contributed by atoms with Crippen LogP contribution in [0.5, 0.6) is 5.75 Å². The van der Waals surface area contributed by atoms with Gasteiger partial charge in [-0.1, -0.05) is 18.2 Å². The van der Waals surface area contributed by atoms with E-state index in [1.807, 2.05) is 0 Å². The number of hydrogen-bond donors (Lipinski definition) is 1. The molecule has 0 saturated carbocycles. The number of nitrogens with one attached hydrogen (secondary N) is 1. The molecule has 8 nitrogen and oxygen atoms in total. The molecule has 1 N–H and O–H groups in total. The number of rotatable bonds is 8. The molecule has 0 amide bonds. The molecule has 0 radical (unpaired) electrons. The topological polar surface area (TPSA) is 100 Å². The number of esters is 3. The summed E-state index contributed by atoms with van der Waals surface area (Å²) in [6.45, 7) is 5.49. The van der Waals surface area contributed by atoms with Crippen LogP contribution in [0.4, 0.5) is 0 Å². The molecule has 158 valence electrons. The quantitative estimate of drug-likeness (QED) is 0.397. The zero-order valence-corrected chi connectivity index (χ0v) is 17.1. The van der Waals surface area contributed by atoms with Crippen LogP contribution >= 0.6 is 0 Å². The second kappa shape index (κ2) is 9.56. The highest BCUT2D eigenvalue weighted by molar-refractivity contribution is 5.94. The van der Waals surface area contributed by atoms with Gasteiger partial charge in [0.05, 0.1) is 33.9 Å². The maximum atomic E-state index is 13.0. The van der Waals surface area contributed by atoms with Crippen LogP contribution in [0, 0.1) is 11.8 Å². The van der Waals surface area contributed by atoms with E-state index in [9.17, 15) is 14.4 Å². The number of methoxy groups -OCH3 is 3. The van der Waals surface area contributed by atoms with Gasteiger partial charge < -0.3 is 18.9 Å². The SMILES string of the molecule is C=CC[C@@]1(C(=O)OCC)N[C@H](c2ccc(OC)cc2)[C@H](C(=O)OC)[C@H]1C(=O)OC. The van der Waals surface area contributed by atoms with Crippen molar-refractivity contribution in [1.29, 1.82) is 0 Å². The van der Waals surface area contributed by atoms with Gasteiger partial charge in [0.15, 0.2) is 0 Å². The van der Waals surface area contributed by atoms with Crippen molar-refractivity contribution >= 4 is 17.9 Å². The Bertz CT molecular complexity index is 761. The third kappa shape index (κ3) is 4.12. The fourth-order valence-electron chi connectivity index (χ4n) is 3.88. The predicted molar refractivity (Wildman–Crippen MR) is 104 cm³/mol. The van der Waals surface area contributed by atoms with E-state index in [0.717, 1.165) is 0 Å². The van der Waals surface area contributed by atoms with Gasteiger partial charge in [0, 0.05) is 6.04 Å². The van der Waals surface area contributed by atoms with E-state index in [1.54, 1.807) is 38.3 Å². The van der Waals surface area contributed by atoms with Crippen molar-refractivity contribution in [3.8, 4) is 5.75 Å². The molecule has 1 saturated heterocycles. The average Bonchev–Trinajstić information content (AvgIpc) is 3.09. The maximum absolute atomic E-state index is 13.0. The molecule has 0 bridgehead atoms. The second-order valence-electron chi connectivity index (χ2n) is 6.63. The third-order valence-corrected chi connectivity index (χ3v) is 5.17. The van der Waals surface area contributed by atoms with Crippen molar-refractivity contribution in [3.63, 3.8) is 0 Å². The molecule has 1 fully saturated rings. The molecule has 0 unspecified atom stereocenters. The van der Waals surface area contributed by atoms with Crippen LogP contribution in [0.1, 0.15) is 24.9 Å². The first-order valence-electron chi connectivity index (χ1n) is 9.25. The average molecular weight is 405 g/mol. The first kappa shape index (κ1) is 22.4. The summed E-state index contributed by atoms with van der Waals surface area (Å²) in [4.78, 5) is 38.6. The molecular formula is C21H27NO7. The Labute approximate surface area is 170 Å². The van der Waals surface area contributed by atoms with Gasteiger partial charge in [0.25, 0.3) is 0 Å². The van der Waals surface area contributed by atoms with Crippen molar-refractivity contribution in [3.05, 3.63) is 42.5 Å². The molecular weight excluding hydrogens is 378 g/mol. The molecule has 1 aliphatic heterocycles. The Morgan fingerprint density at radius 1 is 1.10 bits per heavy atom. The first-order chi connectivity index (χ1) is 13.9. The largest absolute Gasteiger partial charge is 0.497 e. The van der Waals surface area contributed by atoms with Crippen LogP contribution in [0.2, 0.25) is 0 Å². The Morgan fingerprint density at radius 2 is 1.72 bits per heavy atom. The van der Waals surface area contributed by atoms with Crippen LogP contribution in [-0.4, -0.2) is 51.4 Å². The highest BCUT2D eigenvalue weighted by atomic mass is 16.5. The fraction of sp³-hybridized carbons (Fsp3) is 0.476. The maximum Gasteiger partial charge on any atom is 0.327 e. The highest BCUT2D eigenvalue weighted by Crippen LogP contribution is 2.47. The lowest BCUT2D eigenvalue weighted by atomic mass is 9.76. The molecule has 1 heterocycles. The zero-order chi connectivity index (χ0) is 21.6. The number of benzene rings is 1. The highest BCUT2D eigenvalue weighted by Gasteiger charge is 2.64. The van der Waals surface area contributed by atoms with Gasteiger partial charge in [-0.15, -0.1) is 6.58 Å². The van der Waals surface area contributed by atoms with E-state index in [-0.39, 0.29) is 13.0 Å². The molecule has 0 spiro atoms. The van der Waals surface area contributed by atoms with E-state index in [0.29, 0.717) is 11.3 Å². The van der Waals surface area contributed by atoms with E-state index >= 15 is 0 Å². The van der Waals surface area contributed by atoms with Crippen molar-refractivity contribution in [2.45, 2.75) is 24.9 Å². The van der Waals surface area contributed by atoms with E-state index in [4.69, 9.17) is 18.9 Å². The van der Waals surface area contributed by atoms with Crippen LogP contribution in [0.25, 0.3) is 0 Å². The number of ether oxygens (including phenoxy) is 4. The standard InChI is InChI=1S/C21H27NO7/c1-6-12-21(20(25)29-7-2)16(19(24)28-5)15(18(23)27-4)17(22-21)13-8-10-14(26-3)11-9-13/h6,8-11,15-17,22H,1,7,12H2,2-5H3/t15-,16+,17-,21-/m1/s1. The van der Waals surface area contributed by atoms with E-state index in [2.05, 4.69) is 11.9 Å². The first-order valence-corrected chi connectivity index (χ1v) is 9.25. The van der Waals surface area contributed by atoms with Crippen molar-refractivity contribution in [1.82, 2.24) is 5.32 Å². The molecule has 1 aliphatic rings. The minimum absolute atomic E-state index is 0.0613. The van der Waals surface area contributed by atoms with Crippen molar-refractivity contribution in [2.75, 3.05) is 27.9 Å². The lowest BCUT2D eigenvalue weighted by Gasteiger charge is -2.31. The van der Waals surface area contributed by atoms with Crippen molar-refractivity contribution < 1.29 is 33.3 Å².